The summed E-state index contributed by atoms with van der Waals surface area (Å²) in [5.74, 6) is -0.245. The van der Waals surface area contributed by atoms with Crippen LogP contribution in [0.25, 0.3) is 0 Å². The molecule has 32 heavy (non-hydrogen) atoms. The third kappa shape index (κ3) is 5.32. The van der Waals surface area contributed by atoms with Gasteiger partial charge in [-0.1, -0.05) is 23.8 Å². The second-order valence-electron chi connectivity index (χ2n) is 7.97. The molecule has 1 N–H and O–H groups in total. The number of nitrogens with zero attached hydrogens (tertiary/aromatic N) is 3. The molecule has 0 bridgehead atoms. The molecule has 1 fully saturated rings. The first kappa shape index (κ1) is 22.4. The molecule has 1 saturated heterocycles. The van der Waals surface area contributed by atoms with Gasteiger partial charge in [0.25, 0.3) is 0 Å². The Morgan fingerprint density at radius 3 is 2.31 bits per heavy atom. The van der Waals surface area contributed by atoms with E-state index in [1.165, 1.54) is 12.1 Å². The van der Waals surface area contributed by atoms with Gasteiger partial charge in [0, 0.05) is 50.8 Å². The Balaban J connectivity index is 1.47. The normalized spacial score (nSPS) is 16.1. The van der Waals surface area contributed by atoms with Crippen LogP contribution in [0.15, 0.2) is 78.0 Å². The van der Waals surface area contributed by atoms with Crippen LogP contribution in [0.1, 0.15) is 17.2 Å². The summed E-state index contributed by atoms with van der Waals surface area (Å²) in [5.41, 5.74) is 2.97. The Bertz CT molecular complexity index is 1110. The van der Waals surface area contributed by atoms with Crippen molar-refractivity contribution >= 4 is 15.7 Å². The maximum Gasteiger partial charge on any atom is 0.240 e. The predicted octanol–water partition coefficient (Wildman–Crippen LogP) is 3.37. The van der Waals surface area contributed by atoms with Crippen LogP contribution in [0, 0.1) is 12.7 Å². The molecule has 4 rings (SSSR count). The first-order valence-corrected chi connectivity index (χ1v) is 12.1. The van der Waals surface area contributed by atoms with Gasteiger partial charge in [-0.25, -0.2) is 17.5 Å². The summed E-state index contributed by atoms with van der Waals surface area (Å²) in [6, 6.07) is 17.1. The van der Waals surface area contributed by atoms with Crippen molar-refractivity contribution in [1.82, 2.24) is 14.6 Å². The fourth-order valence-electron chi connectivity index (χ4n) is 3.96. The molecule has 2 aromatic carbocycles. The third-order valence-corrected chi connectivity index (χ3v) is 7.25. The Labute approximate surface area is 188 Å². The largest absolute Gasteiger partial charge is 0.369 e. The van der Waals surface area contributed by atoms with Crippen molar-refractivity contribution in [2.75, 3.05) is 37.6 Å². The van der Waals surface area contributed by atoms with Gasteiger partial charge in [0.15, 0.2) is 0 Å². The molecule has 0 spiro atoms. The highest BCUT2D eigenvalue weighted by atomic mass is 32.2. The van der Waals surface area contributed by atoms with Gasteiger partial charge in [0.2, 0.25) is 10.0 Å². The average Bonchev–Trinajstić information content (AvgIpc) is 2.81. The molecule has 1 aliphatic rings. The van der Waals surface area contributed by atoms with Crippen LogP contribution in [-0.2, 0) is 10.0 Å². The first-order valence-electron chi connectivity index (χ1n) is 10.6. The first-order chi connectivity index (χ1) is 15.4. The maximum absolute atomic E-state index is 13.2. The van der Waals surface area contributed by atoms with E-state index < -0.39 is 10.0 Å². The predicted molar refractivity (Wildman–Crippen MR) is 124 cm³/mol. The number of piperazine rings is 1. The summed E-state index contributed by atoms with van der Waals surface area (Å²) in [6.45, 7) is 5.22. The smallest absolute Gasteiger partial charge is 0.240 e. The Kier molecular flexibility index (Phi) is 6.83. The van der Waals surface area contributed by atoms with Gasteiger partial charge in [-0.3, -0.25) is 9.88 Å². The number of anilines is 1. The van der Waals surface area contributed by atoms with Crippen LogP contribution >= 0.6 is 0 Å². The van der Waals surface area contributed by atoms with Crippen molar-refractivity contribution in [2.45, 2.75) is 17.9 Å². The van der Waals surface area contributed by atoms with Crippen molar-refractivity contribution in [3.63, 3.8) is 0 Å². The number of pyridine rings is 1. The van der Waals surface area contributed by atoms with Crippen molar-refractivity contribution < 1.29 is 12.8 Å². The van der Waals surface area contributed by atoms with E-state index in [1.54, 1.807) is 48.8 Å². The lowest BCUT2D eigenvalue weighted by atomic mass is 10.1. The molecule has 6 nitrogen and oxygen atoms in total. The van der Waals surface area contributed by atoms with E-state index in [0.29, 0.717) is 0 Å². The Morgan fingerprint density at radius 1 is 1.00 bits per heavy atom. The highest BCUT2D eigenvalue weighted by Crippen LogP contribution is 2.24. The lowest BCUT2D eigenvalue weighted by Gasteiger charge is -2.40. The molecule has 0 radical (unpaired) electrons. The minimum atomic E-state index is -3.62. The van der Waals surface area contributed by atoms with E-state index in [9.17, 15) is 12.8 Å². The van der Waals surface area contributed by atoms with Crippen LogP contribution in [0.5, 0.6) is 0 Å². The molecule has 0 saturated carbocycles. The Hall–Kier alpha value is -2.81. The van der Waals surface area contributed by atoms with E-state index in [0.717, 1.165) is 43.0 Å². The molecule has 0 amide bonds. The topological polar surface area (TPSA) is 65.5 Å². The van der Waals surface area contributed by atoms with Gasteiger partial charge in [0.05, 0.1) is 10.9 Å². The number of aromatic nitrogens is 1. The molecule has 3 aromatic rings. The highest BCUT2D eigenvalue weighted by Gasteiger charge is 2.27. The van der Waals surface area contributed by atoms with Crippen LogP contribution in [0.3, 0.4) is 0 Å². The summed E-state index contributed by atoms with van der Waals surface area (Å²) < 4.78 is 41.7. The number of hydrogen-bond donors (Lipinski definition) is 1. The molecule has 0 unspecified atom stereocenters. The number of benzene rings is 2. The van der Waals surface area contributed by atoms with E-state index in [1.807, 2.05) is 19.1 Å². The quantitative estimate of drug-likeness (QED) is 0.593. The van der Waals surface area contributed by atoms with E-state index in [4.69, 9.17) is 0 Å². The number of rotatable bonds is 7. The number of nitrogens with one attached hydrogen (secondary N) is 1. The van der Waals surface area contributed by atoms with E-state index in [2.05, 4.69) is 19.5 Å². The summed E-state index contributed by atoms with van der Waals surface area (Å²) in [5, 5.41) is 0. The fourth-order valence-corrected chi connectivity index (χ4v) is 5.00. The fraction of sp³-hybridized carbons (Fsp3) is 0.292. The lowest BCUT2D eigenvalue weighted by Crippen LogP contribution is -2.50. The number of halogens is 1. The second-order valence-corrected chi connectivity index (χ2v) is 9.73. The standard InChI is InChI=1S/C24H27FN4O2S/c1-19-4-10-23(11-5-19)32(30,31)27-18-24(20-3-2-12-26-17-20)29-15-13-28(14-16-29)22-8-6-21(25)7-9-22/h2-12,17,24,27H,13-16,18H2,1H3/t24-/m0/s1. The molecule has 8 heteroatoms. The molecular formula is C24H27FN4O2S. The summed E-state index contributed by atoms with van der Waals surface area (Å²) in [7, 11) is -3.62. The van der Waals surface area contributed by atoms with Gasteiger partial charge < -0.3 is 4.90 Å². The summed E-state index contributed by atoms with van der Waals surface area (Å²) in [4.78, 5) is 8.98. The van der Waals surface area contributed by atoms with Crippen LogP contribution in [0.2, 0.25) is 0 Å². The van der Waals surface area contributed by atoms with Crippen LogP contribution < -0.4 is 9.62 Å². The minimum absolute atomic E-state index is 0.140. The molecular weight excluding hydrogens is 427 g/mol. The van der Waals surface area contributed by atoms with Crippen molar-refractivity contribution in [3.8, 4) is 0 Å². The Morgan fingerprint density at radius 2 is 1.69 bits per heavy atom. The minimum Gasteiger partial charge on any atom is -0.369 e. The maximum atomic E-state index is 13.2. The van der Waals surface area contributed by atoms with Crippen LogP contribution in [0.4, 0.5) is 10.1 Å². The van der Waals surface area contributed by atoms with Crippen molar-refractivity contribution in [2.24, 2.45) is 0 Å². The molecule has 1 aliphatic heterocycles. The highest BCUT2D eigenvalue weighted by molar-refractivity contribution is 7.89. The van der Waals surface area contributed by atoms with Gasteiger partial charge >= 0.3 is 0 Å². The zero-order valence-corrected chi connectivity index (χ0v) is 18.8. The van der Waals surface area contributed by atoms with Gasteiger partial charge in [0.1, 0.15) is 5.82 Å². The molecule has 0 aliphatic carbocycles. The molecule has 1 aromatic heterocycles. The molecule has 2 heterocycles. The number of aryl methyl sites for hydroxylation is 1. The zero-order valence-electron chi connectivity index (χ0n) is 18.0. The van der Waals surface area contributed by atoms with E-state index in [-0.39, 0.29) is 23.3 Å². The van der Waals surface area contributed by atoms with Gasteiger partial charge in [-0.05, 0) is 55.0 Å². The summed E-state index contributed by atoms with van der Waals surface area (Å²) in [6.07, 6.45) is 3.50. The van der Waals surface area contributed by atoms with Crippen molar-refractivity contribution in [3.05, 3.63) is 90.0 Å². The van der Waals surface area contributed by atoms with Crippen molar-refractivity contribution in [1.29, 1.82) is 0 Å². The molecule has 168 valence electrons. The van der Waals surface area contributed by atoms with Gasteiger partial charge in [-0.2, -0.15) is 0 Å². The zero-order chi connectivity index (χ0) is 22.6. The van der Waals surface area contributed by atoms with Gasteiger partial charge in [-0.15, -0.1) is 0 Å². The van der Waals surface area contributed by atoms with Crippen LogP contribution in [-0.4, -0.2) is 51.0 Å². The number of sulfonamides is 1. The third-order valence-electron chi connectivity index (χ3n) is 5.81. The summed E-state index contributed by atoms with van der Waals surface area (Å²) >= 11 is 0. The molecule has 1 atom stereocenters. The monoisotopic (exact) mass is 454 g/mol. The second kappa shape index (κ2) is 9.77. The van der Waals surface area contributed by atoms with E-state index >= 15 is 0 Å². The SMILES string of the molecule is Cc1ccc(S(=O)(=O)NC[C@@H](c2cccnc2)N2CCN(c3ccc(F)cc3)CC2)cc1. The lowest BCUT2D eigenvalue weighted by molar-refractivity contribution is 0.186. The average molecular weight is 455 g/mol. The number of hydrogen-bond acceptors (Lipinski definition) is 5.